The Morgan fingerprint density at radius 1 is 1.46 bits per heavy atom. The zero-order valence-corrected chi connectivity index (χ0v) is 14.0. The van der Waals surface area contributed by atoms with E-state index in [-0.39, 0.29) is 18.1 Å². The van der Waals surface area contributed by atoms with Crippen LogP contribution in [0.4, 0.5) is 0 Å². The fraction of sp³-hybridized carbons (Fsp3) is 0.444. The number of carbonyl (C=O) groups is 1. The Hall–Kier alpha value is -2.18. The van der Waals surface area contributed by atoms with Gasteiger partial charge in [0.15, 0.2) is 6.10 Å². The topological polar surface area (TPSA) is 65.4 Å². The van der Waals surface area contributed by atoms with Crippen molar-refractivity contribution in [3.8, 4) is 0 Å². The summed E-state index contributed by atoms with van der Waals surface area (Å²) < 4.78 is 13.3. The Morgan fingerprint density at radius 3 is 2.96 bits per heavy atom. The second-order valence-corrected chi connectivity index (χ2v) is 5.79. The van der Waals surface area contributed by atoms with E-state index in [4.69, 9.17) is 9.47 Å². The first-order chi connectivity index (χ1) is 11.7. The molecule has 24 heavy (non-hydrogen) atoms. The Bertz CT molecular complexity index is 671. The van der Waals surface area contributed by atoms with Gasteiger partial charge in [0, 0.05) is 32.7 Å². The van der Waals surface area contributed by atoms with Gasteiger partial charge in [0.05, 0.1) is 6.04 Å². The molecule has 0 bridgehead atoms. The highest BCUT2D eigenvalue weighted by Gasteiger charge is 2.35. The molecule has 3 rings (SSSR count). The van der Waals surface area contributed by atoms with E-state index < -0.39 is 6.10 Å². The highest BCUT2D eigenvalue weighted by Crippen LogP contribution is 2.29. The summed E-state index contributed by atoms with van der Waals surface area (Å²) in [5.74, 6) is 0.702. The van der Waals surface area contributed by atoms with Gasteiger partial charge in [-0.25, -0.2) is 4.98 Å². The number of aromatic nitrogens is 2. The van der Waals surface area contributed by atoms with Gasteiger partial charge in [-0.05, 0) is 18.9 Å². The molecule has 6 nitrogen and oxygen atoms in total. The van der Waals surface area contributed by atoms with Gasteiger partial charge in [0.1, 0.15) is 11.9 Å². The lowest BCUT2D eigenvalue weighted by Gasteiger charge is -2.23. The van der Waals surface area contributed by atoms with Gasteiger partial charge in [0.25, 0.3) is 5.91 Å². The van der Waals surface area contributed by atoms with Gasteiger partial charge in [-0.2, -0.15) is 0 Å². The van der Waals surface area contributed by atoms with Crippen LogP contribution in [0.5, 0.6) is 0 Å². The van der Waals surface area contributed by atoms with Gasteiger partial charge in [-0.3, -0.25) is 4.79 Å². The van der Waals surface area contributed by atoms with Crippen molar-refractivity contribution in [2.24, 2.45) is 0 Å². The van der Waals surface area contributed by atoms with Crippen LogP contribution in [0.25, 0.3) is 0 Å². The maximum Gasteiger partial charge on any atom is 0.254 e. The minimum Gasteiger partial charge on any atom is -0.368 e. The number of rotatable bonds is 6. The van der Waals surface area contributed by atoms with Crippen molar-refractivity contribution >= 4 is 5.91 Å². The molecule has 0 saturated carbocycles. The Kier molecular flexibility index (Phi) is 5.27. The number of imidazole rings is 1. The van der Waals surface area contributed by atoms with Gasteiger partial charge in [-0.15, -0.1) is 0 Å². The minimum atomic E-state index is -0.627. The quantitative estimate of drug-likeness (QED) is 0.883. The molecule has 1 aromatic carbocycles. The van der Waals surface area contributed by atoms with Gasteiger partial charge in [0.2, 0.25) is 0 Å². The molecule has 1 aliphatic heterocycles. The third-order valence-electron chi connectivity index (χ3n) is 4.34. The molecule has 1 N–H and O–H groups in total. The minimum absolute atomic E-state index is 0.105. The zero-order chi connectivity index (χ0) is 16.9. The van der Waals surface area contributed by atoms with Crippen molar-refractivity contribution in [3.05, 3.63) is 54.1 Å². The first kappa shape index (κ1) is 16.7. The number of amides is 1. The zero-order valence-electron chi connectivity index (χ0n) is 14.0. The molecule has 2 aromatic rings. The molecule has 0 radical (unpaired) electrons. The summed E-state index contributed by atoms with van der Waals surface area (Å²) in [4.78, 5) is 17.1. The Labute approximate surface area is 141 Å². The van der Waals surface area contributed by atoms with E-state index in [0.717, 1.165) is 24.4 Å². The molecule has 0 spiro atoms. The van der Waals surface area contributed by atoms with E-state index in [0.29, 0.717) is 6.61 Å². The number of nitrogens with one attached hydrogen (secondary N) is 1. The van der Waals surface area contributed by atoms with Crippen LogP contribution in [0.2, 0.25) is 0 Å². The molecule has 1 amide bonds. The first-order valence-corrected chi connectivity index (χ1v) is 8.25. The standard InChI is InChI=1S/C18H23N3O3/c1-3-21-11-10-19-17(21)16-14(9-12-24-16)20-18(22)15(23-2)13-7-5-4-6-8-13/h4-8,10-11,14-16H,3,9,12H2,1-2H3,(H,20,22)/t14-,15+,16-/m0/s1. The number of aryl methyl sites for hydroxylation is 1. The number of methoxy groups -OCH3 is 1. The largest absolute Gasteiger partial charge is 0.368 e. The molecule has 2 heterocycles. The molecule has 6 heteroatoms. The van der Waals surface area contributed by atoms with Crippen molar-refractivity contribution in [1.82, 2.24) is 14.9 Å². The van der Waals surface area contributed by atoms with Crippen molar-refractivity contribution in [3.63, 3.8) is 0 Å². The van der Waals surface area contributed by atoms with Crippen LogP contribution in [0.15, 0.2) is 42.7 Å². The van der Waals surface area contributed by atoms with Gasteiger partial charge in [-0.1, -0.05) is 30.3 Å². The molecule has 0 aliphatic carbocycles. The highest BCUT2D eigenvalue weighted by molar-refractivity contribution is 5.82. The van der Waals surface area contributed by atoms with Crippen LogP contribution in [0.1, 0.15) is 36.9 Å². The fourth-order valence-electron chi connectivity index (χ4n) is 3.12. The van der Waals surface area contributed by atoms with Crippen molar-refractivity contribution < 1.29 is 14.3 Å². The lowest BCUT2D eigenvalue weighted by atomic mass is 10.1. The van der Waals surface area contributed by atoms with Gasteiger partial charge >= 0.3 is 0 Å². The number of ether oxygens (including phenoxy) is 2. The summed E-state index contributed by atoms with van der Waals surface area (Å²) in [6, 6.07) is 9.38. The molecule has 1 saturated heterocycles. The summed E-state index contributed by atoms with van der Waals surface area (Å²) in [7, 11) is 1.55. The molecule has 128 valence electrons. The first-order valence-electron chi connectivity index (χ1n) is 8.25. The van der Waals surface area contributed by atoms with Crippen LogP contribution >= 0.6 is 0 Å². The van der Waals surface area contributed by atoms with E-state index in [1.165, 1.54) is 0 Å². The monoisotopic (exact) mass is 329 g/mol. The molecule has 0 unspecified atom stereocenters. The van der Waals surface area contributed by atoms with E-state index >= 15 is 0 Å². The predicted molar refractivity (Wildman–Crippen MR) is 89.3 cm³/mol. The van der Waals surface area contributed by atoms with Gasteiger partial charge < -0.3 is 19.4 Å². The summed E-state index contributed by atoms with van der Waals surface area (Å²) >= 11 is 0. The fourth-order valence-corrected chi connectivity index (χ4v) is 3.12. The average Bonchev–Trinajstić information content (AvgIpc) is 3.24. The second kappa shape index (κ2) is 7.59. The van der Waals surface area contributed by atoms with Crippen LogP contribution < -0.4 is 5.32 Å². The van der Waals surface area contributed by atoms with Crippen LogP contribution in [0, 0.1) is 0 Å². The number of hydrogen-bond acceptors (Lipinski definition) is 4. The van der Waals surface area contributed by atoms with Crippen molar-refractivity contribution in [2.45, 2.75) is 38.1 Å². The third kappa shape index (κ3) is 3.34. The molecule has 3 atom stereocenters. The molecular formula is C18H23N3O3. The number of carbonyl (C=O) groups excluding carboxylic acids is 1. The van der Waals surface area contributed by atoms with E-state index in [9.17, 15) is 4.79 Å². The SMILES string of the molecule is CCn1ccnc1[C@H]1OCC[C@@H]1NC(=O)[C@H](OC)c1ccccc1. The number of hydrogen-bond donors (Lipinski definition) is 1. The Balaban J connectivity index is 1.73. The lowest BCUT2D eigenvalue weighted by molar-refractivity contribution is -0.132. The van der Waals surface area contributed by atoms with Crippen LogP contribution in [0.3, 0.4) is 0 Å². The lowest BCUT2D eigenvalue weighted by Crippen LogP contribution is -2.40. The van der Waals surface area contributed by atoms with E-state index in [1.54, 1.807) is 13.3 Å². The van der Waals surface area contributed by atoms with E-state index in [1.807, 2.05) is 41.1 Å². The summed E-state index contributed by atoms with van der Waals surface area (Å²) in [5.41, 5.74) is 0.836. The Morgan fingerprint density at radius 2 is 2.25 bits per heavy atom. The normalized spacial score (nSPS) is 21.6. The number of nitrogens with zero attached hydrogens (tertiary/aromatic N) is 2. The van der Waals surface area contributed by atoms with Crippen molar-refractivity contribution in [2.75, 3.05) is 13.7 Å². The maximum atomic E-state index is 12.7. The van der Waals surface area contributed by atoms with Crippen molar-refractivity contribution in [1.29, 1.82) is 0 Å². The summed E-state index contributed by atoms with van der Waals surface area (Å²) in [6.07, 6.45) is 3.60. The van der Waals surface area contributed by atoms with E-state index in [2.05, 4.69) is 17.2 Å². The van der Waals surface area contributed by atoms with Crippen LogP contribution in [-0.4, -0.2) is 35.2 Å². The third-order valence-corrected chi connectivity index (χ3v) is 4.34. The average molecular weight is 329 g/mol. The highest BCUT2D eigenvalue weighted by atomic mass is 16.5. The predicted octanol–water partition coefficient (Wildman–Crippen LogP) is 2.24. The number of benzene rings is 1. The molecule has 1 aromatic heterocycles. The smallest absolute Gasteiger partial charge is 0.254 e. The second-order valence-electron chi connectivity index (χ2n) is 5.79. The molecular weight excluding hydrogens is 306 g/mol. The summed E-state index contributed by atoms with van der Waals surface area (Å²) in [5, 5.41) is 3.08. The molecule has 1 fully saturated rings. The maximum absolute atomic E-state index is 12.7. The molecule has 1 aliphatic rings. The summed E-state index contributed by atoms with van der Waals surface area (Å²) in [6.45, 7) is 3.49. The van der Waals surface area contributed by atoms with Crippen LogP contribution in [-0.2, 0) is 20.8 Å².